The molecule has 0 aliphatic carbocycles. The highest BCUT2D eigenvalue weighted by Crippen LogP contribution is 2.30. The van der Waals surface area contributed by atoms with Gasteiger partial charge in [-0.15, -0.1) is 0 Å². The van der Waals surface area contributed by atoms with Crippen molar-refractivity contribution in [2.75, 3.05) is 23.8 Å². The minimum Gasteiger partial charge on any atom is -0.495 e. The number of rotatable bonds is 7. The van der Waals surface area contributed by atoms with E-state index < -0.39 is 20.9 Å². The summed E-state index contributed by atoms with van der Waals surface area (Å²) in [5, 5.41) is 13.6. The lowest BCUT2D eigenvalue weighted by atomic mass is 10.1. The maximum atomic E-state index is 12.8. The van der Waals surface area contributed by atoms with Gasteiger partial charge in [0.05, 0.1) is 28.3 Å². The SMILES string of the molecule is COc1ccc([N+](=O)[O-])cc1NC(=O)c1cccc(N(C)S(=O)(=O)c2ccccc2)c1. The van der Waals surface area contributed by atoms with Gasteiger partial charge in [0.25, 0.3) is 21.6 Å². The second-order valence-electron chi connectivity index (χ2n) is 6.43. The number of carbonyl (C=O) groups is 1. The third-order valence-electron chi connectivity index (χ3n) is 4.52. The third kappa shape index (κ3) is 4.64. The molecule has 1 N–H and O–H groups in total. The Balaban J connectivity index is 1.89. The number of sulfonamides is 1. The van der Waals surface area contributed by atoms with Crippen molar-refractivity contribution in [3.05, 3.63) is 88.5 Å². The van der Waals surface area contributed by atoms with Gasteiger partial charge in [0.2, 0.25) is 0 Å². The molecule has 0 unspecified atom stereocenters. The Bertz CT molecular complexity index is 1230. The fourth-order valence-corrected chi connectivity index (χ4v) is 4.04. The second kappa shape index (κ2) is 8.84. The zero-order chi connectivity index (χ0) is 22.6. The molecule has 10 heteroatoms. The molecule has 0 saturated heterocycles. The summed E-state index contributed by atoms with van der Waals surface area (Å²) in [6, 6.07) is 17.8. The van der Waals surface area contributed by atoms with Crippen LogP contribution in [0.3, 0.4) is 0 Å². The standard InChI is InChI=1S/C21H19N3O6S/c1-23(31(28,29)18-9-4-3-5-10-18)16-8-6-7-15(13-16)21(25)22-19-14-17(24(26)27)11-12-20(19)30-2/h3-14H,1-2H3,(H,22,25). The summed E-state index contributed by atoms with van der Waals surface area (Å²) in [6.45, 7) is 0. The van der Waals surface area contributed by atoms with E-state index in [1.807, 2.05) is 0 Å². The number of nitro benzene ring substituents is 1. The lowest BCUT2D eigenvalue weighted by Gasteiger charge is -2.20. The first-order valence-corrected chi connectivity index (χ1v) is 10.5. The summed E-state index contributed by atoms with van der Waals surface area (Å²) in [5.41, 5.74) is 0.361. The normalized spacial score (nSPS) is 10.9. The molecule has 3 rings (SSSR count). The van der Waals surface area contributed by atoms with E-state index >= 15 is 0 Å². The van der Waals surface area contributed by atoms with Crippen LogP contribution in [0.2, 0.25) is 0 Å². The molecular formula is C21H19N3O6S. The number of anilines is 2. The first-order valence-electron chi connectivity index (χ1n) is 9.02. The predicted molar refractivity (Wildman–Crippen MR) is 116 cm³/mol. The summed E-state index contributed by atoms with van der Waals surface area (Å²) in [4.78, 5) is 23.3. The van der Waals surface area contributed by atoms with E-state index in [1.54, 1.807) is 30.3 Å². The number of methoxy groups -OCH3 is 1. The van der Waals surface area contributed by atoms with Crippen LogP contribution < -0.4 is 14.4 Å². The highest BCUT2D eigenvalue weighted by atomic mass is 32.2. The monoisotopic (exact) mass is 441 g/mol. The molecule has 0 atom stereocenters. The van der Waals surface area contributed by atoms with E-state index in [0.717, 1.165) is 4.31 Å². The molecule has 1 amide bonds. The van der Waals surface area contributed by atoms with Crippen molar-refractivity contribution in [3.63, 3.8) is 0 Å². The van der Waals surface area contributed by atoms with Gasteiger partial charge in [-0.05, 0) is 36.4 Å². The molecule has 0 bridgehead atoms. The van der Waals surface area contributed by atoms with Gasteiger partial charge < -0.3 is 10.1 Å². The van der Waals surface area contributed by atoms with E-state index in [-0.39, 0.29) is 33.3 Å². The van der Waals surface area contributed by atoms with Crippen LogP contribution >= 0.6 is 0 Å². The van der Waals surface area contributed by atoms with Crippen LogP contribution in [-0.2, 0) is 10.0 Å². The van der Waals surface area contributed by atoms with Gasteiger partial charge in [-0.3, -0.25) is 19.2 Å². The van der Waals surface area contributed by atoms with Gasteiger partial charge in [0.15, 0.2) is 0 Å². The summed E-state index contributed by atoms with van der Waals surface area (Å²) >= 11 is 0. The number of nitrogens with zero attached hydrogens (tertiary/aromatic N) is 2. The van der Waals surface area contributed by atoms with Crippen LogP contribution in [-0.4, -0.2) is 33.4 Å². The zero-order valence-corrected chi connectivity index (χ0v) is 17.5. The molecular weight excluding hydrogens is 422 g/mol. The van der Waals surface area contributed by atoms with Crippen molar-refractivity contribution in [2.24, 2.45) is 0 Å². The molecule has 0 spiro atoms. The van der Waals surface area contributed by atoms with Crippen LogP contribution in [0, 0.1) is 10.1 Å². The fraction of sp³-hybridized carbons (Fsp3) is 0.0952. The molecule has 0 aliphatic heterocycles. The van der Waals surface area contributed by atoms with Crippen LogP contribution in [0.25, 0.3) is 0 Å². The molecule has 0 radical (unpaired) electrons. The molecule has 9 nitrogen and oxygen atoms in total. The molecule has 0 saturated carbocycles. The van der Waals surface area contributed by atoms with Crippen molar-refractivity contribution >= 4 is 33.0 Å². The third-order valence-corrected chi connectivity index (χ3v) is 6.32. The minimum atomic E-state index is -3.81. The van der Waals surface area contributed by atoms with Gasteiger partial charge in [-0.1, -0.05) is 24.3 Å². The number of amides is 1. The van der Waals surface area contributed by atoms with Gasteiger partial charge in [-0.25, -0.2) is 8.42 Å². The topological polar surface area (TPSA) is 119 Å². The molecule has 0 heterocycles. The average Bonchev–Trinajstić information content (AvgIpc) is 2.79. The number of carbonyl (C=O) groups excluding carboxylic acids is 1. The lowest BCUT2D eigenvalue weighted by Crippen LogP contribution is -2.26. The highest BCUT2D eigenvalue weighted by molar-refractivity contribution is 7.92. The predicted octanol–water partition coefficient (Wildman–Crippen LogP) is 3.68. The minimum absolute atomic E-state index is 0.119. The van der Waals surface area contributed by atoms with E-state index in [1.165, 1.54) is 56.6 Å². The highest BCUT2D eigenvalue weighted by Gasteiger charge is 2.22. The Morgan fingerprint density at radius 2 is 1.74 bits per heavy atom. The number of benzene rings is 3. The number of hydrogen-bond acceptors (Lipinski definition) is 6. The largest absolute Gasteiger partial charge is 0.495 e. The van der Waals surface area contributed by atoms with Crippen molar-refractivity contribution in [3.8, 4) is 5.75 Å². The van der Waals surface area contributed by atoms with Crippen molar-refractivity contribution in [2.45, 2.75) is 4.90 Å². The number of nitro groups is 1. The number of ether oxygens (including phenoxy) is 1. The first-order chi connectivity index (χ1) is 14.7. The maximum absolute atomic E-state index is 12.8. The van der Waals surface area contributed by atoms with E-state index in [0.29, 0.717) is 0 Å². The Hall–Kier alpha value is -3.92. The first kappa shape index (κ1) is 21.8. The van der Waals surface area contributed by atoms with Gasteiger partial charge in [0, 0.05) is 24.7 Å². The van der Waals surface area contributed by atoms with Crippen LogP contribution in [0.1, 0.15) is 10.4 Å². The molecule has 31 heavy (non-hydrogen) atoms. The molecule has 0 aromatic heterocycles. The van der Waals surface area contributed by atoms with Gasteiger partial charge in [-0.2, -0.15) is 0 Å². The Morgan fingerprint density at radius 1 is 1.03 bits per heavy atom. The van der Waals surface area contributed by atoms with Crippen LogP contribution in [0.5, 0.6) is 5.75 Å². The average molecular weight is 441 g/mol. The lowest BCUT2D eigenvalue weighted by molar-refractivity contribution is -0.384. The van der Waals surface area contributed by atoms with Crippen LogP contribution in [0.15, 0.2) is 77.7 Å². The van der Waals surface area contributed by atoms with Gasteiger partial charge >= 0.3 is 0 Å². The fourth-order valence-electron chi connectivity index (χ4n) is 2.83. The Morgan fingerprint density at radius 3 is 2.39 bits per heavy atom. The van der Waals surface area contributed by atoms with E-state index in [2.05, 4.69) is 5.32 Å². The second-order valence-corrected chi connectivity index (χ2v) is 8.40. The molecule has 3 aromatic rings. The number of hydrogen-bond donors (Lipinski definition) is 1. The van der Waals surface area contributed by atoms with Gasteiger partial charge in [0.1, 0.15) is 5.75 Å². The van der Waals surface area contributed by atoms with Crippen LogP contribution in [0.4, 0.5) is 17.1 Å². The van der Waals surface area contributed by atoms with Crippen molar-refractivity contribution < 1.29 is 22.9 Å². The van der Waals surface area contributed by atoms with E-state index in [9.17, 15) is 23.3 Å². The number of nitrogens with one attached hydrogen (secondary N) is 1. The van der Waals surface area contributed by atoms with Crippen molar-refractivity contribution in [1.29, 1.82) is 0 Å². The quantitative estimate of drug-likeness (QED) is 0.441. The number of non-ortho nitro benzene ring substituents is 1. The summed E-state index contributed by atoms with van der Waals surface area (Å²) in [5.74, 6) is -0.329. The summed E-state index contributed by atoms with van der Waals surface area (Å²) in [7, 11) is -1.04. The molecule has 0 aliphatic rings. The molecule has 3 aromatic carbocycles. The van der Waals surface area contributed by atoms with E-state index in [4.69, 9.17) is 4.74 Å². The Labute approximate surface area is 179 Å². The zero-order valence-electron chi connectivity index (χ0n) is 16.7. The summed E-state index contributed by atoms with van der Waals surface area (Å²) < 4.78 is 31.9. The molecule has 0 fully saturated rings. The smallest absolute Gasteiger partial charge is 0.271 e. The van der Waals surface area contributed by atoms with Crippen molar-refractivity contribution in [1.82, 2.24) is 0 Å². The summed E-state index contributed by atoms with van der Waals surface area (Å²) in [6.07, 6.45) is 0. The molecule has 160 valence electrons. The maximum Gasteiger partial charge on any atom is 0.271 e. The Kier molecular flexibility index (Phi) is 6.21.